The van der Waals surface area contributed by atoms with Crippen LogP contribution < -0.4 is 10.5 Å². The van der Waals surface area contributed by atoms with Crippen LogP contribution in [-0.2, 0) is 5.41 Å². The Morgan fingerprint density at radius 1 is 1.31 bits per heavy atom. The van der Waals surface area contributed by atoms with E-state index in [1.54, 1.807) is 7.11 Å². The third kappa shape index (κ3) is 1.82. The molecule has 2 rings (SSSR count). The third-order valence-electron chi connectivity index (χ3n) is 4.03. The molecule has 88 valence electrons. The molecule has 0 radical (unpaired) electrons. The van der Waals surface area contributed by atoms with E-state index in [9.17, 15) is 0 Å². The second kappa shape index (κ2) is 4.46. The molecule has 16 heavy (non-hydrogen) atoms. The van der Waals surface area contributed by atoms with Crippen LogP contribution in [0.3, 0.4) is 0 Å². The lowest BCUT2D eigenvalue weighted by molar-refractivity contribution is 0.144. The summed E-state index contributed by atoms with van der Waals surface area (Å²) in [4.78, 5) is 0. The van der Waals surface area contributed by atoms with Crippen molar-refractivity contribution in [1.82, 2.24) is 0 Å². The van der Waals surface area contributed by atoms with E-state index in [4.69, 9.17) is 10.5 Å². The monoisotopic (exact) mass is 219 g/mol. The van der Waals surface area contributed by atoms with Crippen LogP contribution in [0.5, 0.6) is 5.75 Å². The molecular weight excluding hydrogens is 198 g/mol. The Labute approximate surface area is 97.8 Å². The quantitative estimate of drug-likeness (QED) is 0.845. The zero-order valence-electron chi connectivity index (χ0n) is 10.2. The van der Waals surface area contributed by atoms with Crippen molar-refractivity contribution in [3.63, 3.8) is 0 Å². The molecule has 0 aliphatic heterocycles. The van der Waals surface area contributed by atoms with E-state index in [0.29, 0.717) is 0 Å². The number of methoxy groups -OCH3 is 1. The molecule has 1 aromatic rings. The summed E-state index contributed by atoms with van der Waals surface area (Å²) in [6.07, 6.45) is 3.76. The van der Waals surface area contributed by atoms with Gasteiger partial charge in [-0.3, -0.25) is 0 Å². The van der Waals surface area contributed by atoms with Gasteiger partial charge in [0.2, 0.25) is 0 Å². The molecule has 1 aliphatic rings. The van der Waals surface area contributed by atoms with E-state index < -0.39 is 0 Å². The van der Waals surface area contributed by atoms with Gasteiger partial charge >= 0.3 is 0 Å². The van der Waals surface area contributed by atoms with Gasteiger partial charge in [-0.2, -0.15) is 0 Å². The summed E-state index contributed by atoms with van der Waals surface area (Å²) in [5.74, 6) is 1.79. The van der Waals surface area contributed by atoms with Crippen molar-refractivity contribution in [2.45, 2.75) is 31.6 Å². The van der Waals surface area contributed by atoms with Gasteiger partial charge in [0.15, 0.2) is 0 Å². The van der Waals surface area contributed by atoms with Crippen LogP contribution in [0.1, 0.15) is 31.7 Å². The van der Waals surface area contributed by atoms with Crippen LogP contribution in [0.15, 0.2) is 24.3 Å². The maximum Gasteiger partial charge on any atom is 0.118 e. The first-order valence-corrected chi connectivity index (χ1v) is 6.08. The molecule has 1 fully saturated rings. The van der Waals surface area contributed by atoms with Crippen molar-refractivity contribution in [2.75, 3.05) is 13.7 Å². The summed E-state index contributed by atoms with van der Waals surface area (Å²) in [5, 5.41) is 0. The highest BCUT2D eigenvalue weighted by molar-refractivity contribution is 5.34. The van der Waals surface area contributed by atoms with Gasteiger partial charge in [0.05, 0.1) is 7.11 Å². The fourth-order valence-electron chi connectivity index (χ4n) is 2.80. The standard InChI is InChI=1S/C14H21NO/c1-3-11-8-14(9-11,10-15)12-4-6-13(16-2)7-5-12/h4-7,11H,3,8-10,15H2,1-2H3. The number of benzene rings is 1. The minimum absolute atomic E-state index is 0.243. The maximum atomic E-state index is 5.96. The first-order chi connectivity index (χ1) is 7.74. The van der Waals surface area contributed by atoms with E-state index in [2.05, 4.69) is 19.1 Å². The molecule has 0 amide bonds. The first kappa shape index (κ1) is 11.5. The topological polar surface area (TPSA) is 35.2 Å². The van der Waals surface area contributed by atoms with Gasteiger partial charge in [-0.15, -0.1) is 0 Å². The molecule has 2 heteroatoms. The smallest absolute Gasteiger partial charge is 0.118 e. The van der Waals surface area contributed by atoms with Crippen molar-refractivity contribution in [3.8, 4) is 5.75 Å². The predicted molar refractivity (Wildman–Crippen MR) is 66.7 cm³/mol. The van der Waals surface area contributed by atoms with E-state index in [-0.39, 0.29) is 5.41 Å². The van der Waals surface area contributed by atoms with Crippen LogP contribution in [0.25, 0.3) is 0 Å². The minimum atomic E-state index is 0.243. The molecule has 0 unspecified atom stereocenters. The fraction of sp³-hybridized carbons (Fsp3) is 0.571. The van der Waals surface area contributed by atoms with Gasteiger partial charge in [0.25, 0.3) is 0 Å². The molecule has 0 saturated heterocycles. The number of rotatable bonds is 4. The predicted octanol–water partition coefficient (Wildman–Crippen LogP) is 2.71. The first-order valence-electron chi connectivity index (χ1n) is 6.08. The SMILES string of the molecule is CCC1CC(CN)(c2ccc(OC)cc2)C1. The molecule has 1 aliphatic carbocycles. The van der Waals surface area contributed by atoms with Gasteiger partial charge in [-0.25, -0.2) is 0 Å². The van der Waals surface area contributed by atoms with Gasteiger partial charge in [0, 0.05) is 12.0 Å². The summed E-state index contributed by atoms with van der Waals surface area (Å²) in [7, 11) is 1.70. The lowest BCUT2D eigenvalue weighted by atomic mass is 9.58. The highest BCUT2D eigenvalue weighted by Crippen LogP contribution is 2.48. The van der Waals surface area contributed by atoms with E-state index in [1.807, 2.05) is 12.1 Å². The molecule has 1 aromatic carbocycles. The Morgan fingerprint density at radius 2 is 1.94 bits per heavy atom. The molecule has 1 saturated carbocycles. The van der Waals surface area contributed by atoms with Crippen LogP contribution in [-0.4, -0.2) is 13.7 Å². The fourth-order valence-corrected chi connectivity index (χ4v) is 2.80. The third-order valence-corrected chi connectivity index (χ3v) is 4.03. The molecule has 2 N–H and O–H groups in total. The van der Waals surface area contributed by atoms with Gasteiger partial charge < -0.3 is 10.5 Å². The van der Waals surface area contributed by atoms with Crippen LogP contribution in [0.4, 0.5) is 0 Å². The normalized spacial score (nSPS) is 28.6. The molecule has 0 spiro atoms. The number of hydrogen-bond acceptors (Lipinski definition) is 2. The largest absolute Gasteiger partial charge is 0.497 e. The van der Waals surface area contributed by atoms with Gasteiger partial charge in [-0.05, 0) is 36.5 Å². The van der Waals surface area contributed by atoms with E-state index in [0.717, 1.165) is 18.2 Å². The molecule has 0 atom stereocenters. The summed E-state index contributed by atoms with van der Waals surface area (Å²) in [6, 6.07) is 8.40. The number of ether oxygens (including phenoxy) is 1. The van der Waals surface area contributed by atoms with Gasteiger partial charge in [-0.1, -0.05) is 25.5 Å². The zero-order valence-corrected chi connectivity index (χ0v) is 10.2. The highest BCUT2D eigenvalue weighted by Gasteiger charge is 2.43. The molecule has 0 aromatic heterocycles. The van der Waals surface area contributed by atoms with Crippen LogP contribution in [0.2, 0.25) is 0 Å². The number of hydrogen-bond donors (Lipinski definition) is 1. The molecule has 0 bridgehead atoms. The summed E-state index contributed by atoms with van der Waals surface area (Å²) in [5.41, 5.74) is 7.58. The van der Waals surface area contributed by atoms with Gasteiger partial charge in [0.1, 0.15) is 5.75 Å². The zero-order chi connectivity index (χ0) is 11.6. The summed E-state index contributed by atoms with van der Waals surface area (Å²) in [6.45, 7) is 3.02. The van der Waals surface area contributed by atoms with Crippen LogP contribution in [0, 0.1) is 5.92 Å². The van der Waals surface area contributed by atoms with Crippen molar-refractivity contribution in [1.29, 1.82) is 0 Å². The molecule has 0 heterocycles. The average Bonchev–Trinajstić information content (AvgIpc) is 2.30. The van der Waals surface area contributed by atoms with E-state index >= 15 is 0 Å². The molecule has 2 nitrogen and oxygen atoms in total. The summed E-state index contributed by atoms with van der Waals surface area (Å²) >= 11 is 0. The van der Waals surface area contributed by atoms with Crippen molar-refractivity contribution in [3.05, 3.63) is 29.8 Å². The second-order valence-corrected chi connectivity index (χ2v) is 4.90. The Morgan fingerprint density at radius 3 is 2.38 bits per heavy atom. The van der Waals surface area contributed by atoms with Crippen molar-refractivity contribution < 1.29 is 4.74 Å². The van der Waals surface area contributed by atoms with Crippen molar-refractivity contribution in [2.24, 2.45) is 11.7 Å². The maximum absolute atomic E-state index is 5.96. The second-order valence-electron chi connectivity index (χ2n) is 4.90. The Balaban J connectivity index is 2.15. The minimum Gasteiger partial charge on any atom is -0.497 e. The van der Waals surface area contributed by atoms with Crippen molar-refractivity contribution >= 4 is 0 Å². The summed E-state index contributed by atoms with van der Waals surface area (Å²) < 4.78 is 5.18. The Bertz CT molecular complexity index is 338. The highest BCUT2D eigenvalue weighted by atomic mass is 16.5. The Kier molecular flexibility index (Phi) is 3.20. The molecular formula is C14H21NO. The Hall–Kier alpha value is -1.02. The lowest BCUT2D eigenvalue weighted by Crippen LogP contribution is -2.46. The number of nitrogens with two attached hydrogens (primary N) is 1. The average molecular weight is 219 g/mol. The van der Waals surface area contributed by atoms with Crippen LogP contribution >= 0.6 is 0 Å². The lowest BCUT2D eigenvalue weighted by Gasteiger charge is -2.47. The van der Waals surface area contributed by atoms with E-state index in [1.165, 1.54) is 24.8 Å².